The predicted octanol–water partition coefficient (Wildman–Crippen LogP) is 6.67. The maximum atomic E-state index is 14.3. The number of benzene rings is 3. The zero-order valence-electron chi connectivity index (χ0n) is 21.9. The molecule has 0 aliphatic carbocycles. The van der Waals surface area contributed by atoms with Gasteiger partial charge in [0.05, 0.1) is 40.8 Å². The Morgan fingerprint density at radius 2 is 2.02 bits per heavy atom. The van der Waals surface area contributed by atoms with E-state index in [1.54, 1.807) is 30.3 Å². The van der Waals surface area contributed by atoms with Gasteiger partial charge in [0.15, 0.2) is 0 Å². The Bertz CT molecular complexity index is 1600. The molecule has 3 heterocycles. The van der Waals surface area contributed by atoms with Crippen LogP contribution in [0.25, 0.3) is 11.0 Å². The van der Waals surface area contributed by atoms with Crippen molar-refractivity contribution in [1.82, 2.24) is 14.5 Å². The first-order valence-electron chi connectivity index (χ1n) is 13.2. The van der Waals surface area contributed by atoms with Crippen molar-refractivity contribution < 1.29 is 23.8 Å². The summed E-state index contributed by atoms with van der Waals surface area (Å²) >= 11 is 12.4. The summed E-state index contributed by atoms with van der Waals surface area (Å²) in [6.07, 6.45) is 1.87. The Kier molecular flexibility index (Phi) is 7.44. The fourth-order valence-corrected chi connectivity index (χ4v) is 5.83. The van der Waals surface area contributed by atoms with E-state index in [1.807, 2.05) is 12.1 Å². The molecule has 4 aromatic rings. The van der Waals surface area contributed by atoms with Crippen LogP contribution in [0.5, 0.6) is 5.75 Å². The summed E-state index contributed by atoms with van der Waals surface area (Å²) in [6.45, 7) is 4.93. The topological polar surface area (TPSA) is 76.8 Å². The Hall–Kier alpha value is -3.17. The SMILES string of the molecule is C[C@H]1c2cc(OCc3ccc(Cl)cc3F)c(Cl)cc2CCN1Cc1nc2ccc(C(=O)O)cc2n1C[C@@H]1CCO1. The molecule has 0 unspecified atom stereocenters. The van der Waals surface area contributed by atoms with E-state index < -0.39 is 11.8 Å². The zero-order chi connectivity index (χ0) is 28.0. The van der Waals surface area contributed by atoms with Crippen molar-refractivity contribution in [3.63, 3.8) is 0 Å². The minimum atomic E-state index is -0.965. The maximum absolute atomic E-state index is 14.3. The van der Waals surface area contributed by atoms with Gasteiger partial charge in [-0.15, -0.1) is 0 Å². The first kappa shape index (κ1) is 27.0. The second-order valence-electron chi connectivity index (χ2n) is 10.3. The number of hydrogen-bond donors (Lipinski definition) is 1. The Labute approximate surface area is 241 Å². The highest BCUT2D eigenvalue weighted by molar-refractivity contribution is 6.32. The second-order valence-corrected chi connectivity index (χ2v) is 11.2. The van der Waals surface area contributed by atoms with Gasteiger partial charge in [-0.2, -0.15) is 0 Å². The molecule has 2 aliphatic heterocycles. The summed E-state index contributed by atoms with van der Waals surface area (Å²) in [5.74, 6) is -0.0225. The van der Waals surface area contributed by atoms with E-state index in [4.69, 9.17) is 37.7 Å². The fourth-order valence-electron chi connectivity index (χ4n) is 5.43. The van der Waals surface area contributed by atoms with Gasteiger partial charge in [0.2, 0.25) is 0 Å². The van der Waals surface area contributed by atoms with Gasteiger partial charge >= 0.3 is 5.97 Å². The van der Waals surface area contributed by atoms with Gasteiger partial charge in [0.1, 0.15) is 24.0 Å². The van der Waals surface area contributed by atoms with E-state index in [9.17, 15) is 14.3 Å². The molecular weight excluding hydrogens is 556 g/mol. The summed E-state index contributed by atoms with van der Waals surface area (Å²) in [5, 5.41) is 10.4. The first-order chi connectivity index (χ1) is 19.3. The largest absolute Gasteiger partial charge is 0.487 e. The molecule has 40 heavy (non-hydrogen) atoms. The molecule has 6 rings (SSSR count). The molecular formula is C30H28Cl2FN3O4. The van der Waals surface area contributed by atoms with Gasteiger partial charge in [-0.3, -0.25) is 4.90 Å². The Morgan fingerprint density at radius 1 is 1.20 bits per heavy atom. The molecule has 0 radical (unpaired) electrons. The third-order valence-electron chi connectivity index (χ3n) is 7.86. The lowest BCUT2D eigenvalue weighted by Gasteiger charge is -2.36. The standard InChI is InChI=1S/C30H28Cl2FN3O4/c1-17-23-13-28(40-16-20-2-4-21(31)12-25(20)33)24(32)10-18(23)6-8-35(17)15-29-34-26-5-3-19(30(37)38)11-27(26)36(29)14-22-7-9-39-22/h2-5,10-13,17,22H,6-9,14-16H2,1H3,(H,37,38)/t17-,22-/m0/s1. The molecule has 10 heteroatoms. The van der Waals surface area contributed by atoms with Crippen LogP contribution < -0.4 is 4.74 Å². The molecule has 208 valence electrons. The number of carboxylic acid groups (broad SMARTS) is 1. The zero-order valence-corrected chi connectivity index (χ0v) is 23.4. The Balaban J connectivity index is 1.26. The molecule has 1 N–H and O–H groups in total. The molecule has 2 atom stereocenters. The summed E-state index contributed by atoms with van der Waals surface area (Å²) < 4.78 is 28.0. The van der Waals surface area contributed by atoms with Gasteiger partial charge < -0.3 is 19.1 Å². The lowest BCUT2D eigenvalue weighted by Crippen LogP contribution is -2.36. The summed E-state index contributed by atoms with van der Waals surface area (Å²) in [5.41, 5.74) is 4.45. The van der Waals surface area contributed by atoms with Crippen molar-refractivity contribution in [2.45, 2.75) is 51.6 Å². The molecule has 0 amide bonds. The van der Waals surface area contributed by atoms with Crippen LogP contribution in [0, 0.1) is 5.82 Å². The summed E-state index contributed by atoms with van der Waals surface area (Å²) in [6, 6.07) is 13.5. The number of nitrogens with zero attached hydrogens (tertiary/aromatic N) is 3. The molecule has 0 bridgehead atoms. The third kappa shape index (κ3) is 5.29. The van der Waals surface area contributed by atoms with Crippen molar-refractivity contribution in [2.24, 2.45) is 0 Å². The molecule has 1 fully saturated rings. The van der Waals surface area contributed by atoms with Crippen molar-refractivity contribution in [3.8, 4) is 5.75 Å². The van der Waals surface area contributed by atoms with Gasteiger partial charge in [-0.25, -0.2) is 14.2 Å². The number of ether oxygens (including phenoxy) is 2. The van der Waals surface area contributed by atoms with Crippen LogP contribution >= 0.6 is 23.2 Å². The number of carbonyl (C=O) groups is 1. The van der Waals surface area contributed by atoms with E-state index >= 15 is 0 Å². The van der Waals surface area contributed by atoms with Crippen LogP contribution in [0.1, 0.15) is 52.3 Å². The van der Waals surface area contributed by atoms with Gasteiger partial charge in [0.25, 0.3) is 0 Å². The van der Waals surface area contributed by atoms with Gasteiger partial charge in [-0.1, -0.05) is 29.3 Å². The second kappa shape index (κ2) is 11.0. The number of hydrogen-bond acceptors (Lipinski definition) is 5. The third-order valence-corrected chi connectivity index (χ3v) is 8.39. The smallest absolute Gasteiger partial charge is 0.335 e. The summed E-state index contributed by atoms with van der Waals surface area (Å²) in [7, 11) is 0. The van der Waals surface area contributed by atoms with E-state index in [2.05, 4.69) is 16.4 Å². The van der Waals surface area contributed by atoms with Crippen LogP contribution in [0.3, 0.4) is 0 Å². The van der Waals surface area contributed by atoms with E-state index in [1.165, 1.54) is 6.07 Å². The number of carboxylic acids is 1. The quantitative estimate of drug-likeness (QED) is 0.250. The van der Waals surface area contributed by atoms with Crippen LogP contribution in [-0.2, 0) is 30.9 Å². The van der Waals surface area contributed by atoms with Crippen LogP contribution in [0.15, 0.2) is 48.5 Å². The van der Waals surface area contributed by atoms with Gasteiger partial charge in [0, 0.05) is 29.8 Å². The predicted molar refractivity (Wildman–Crippen MR) is 151 cm³/mol. The number of aromatic nitrogens is 2. The molecule has 0 saturated carbocycles. The minimum Gasteiger partial charge on any atom is -0.487 e. The van der Waals surface area contributed by atoms with Crippen LogP contribution in [0.4, 0.5) is 4.39 Å². The van der Waals surface area contributed by atoms with Crippen molar-refractivity contribution in [1.29, 1.82) is 0 Å². The van der Waals surface area contributed by atoms with Crippen LogP contribution in [0.2, 0.25) is 10.0 Å². The first-order valence-corrected chi connectivity index (χ1v) is 14.0. The normalized spacial score (nSPS) is 18.9. The highest BCUT2D eigenvalue weighted by Gasteiger charge is 2.29. The number of halogens is 3. The highest BCUT2D eigenvalue weighted by Crippen LogP contribution is 2.38. The lowest BCUT2D eigenvalue weighted by atomic mass is 9.93. The van der Waals surface area contributed by atoms with Gasteiger partial charge in [-0.05, 0) is 73.4 Å². The molecule has 1 saturated heterocycles. The number of imidazole rings is 1. The lowest BCUT2D eigenvalue weighted by molar-refractivity contribution is -0.0592. The number of aromatic carboxylic acids is 1. The molecule has 0 spiro atoms. The van der Waals surface area contributed by atoms with E-state index in [0.29, 0.717) is 34.4 Å². The molecule has 1 aromatic heterocycles. The molecule has 2 aliphatic rings. The number of fused-ring (bicyclic) bond motifs is 2. The maximum Gasteiger partial charge on any atom is 0.335 e. The monoisotopic (exact) mass is 583 g/mol. The van der Waals surface area contributed by atoms with E-state index in [-0.39, 0.29) is 24.3 Å². The van der Waals surface area contributed by atoms with Crippen molar-refractivity contribution >= 4 is 40.2 Å². The summed E-state index contributed by atoms with van der Waals surface area (Å²) in [4.78, 5) is 18.9. The fraction of sp³-hybridized carbons (Fsp3) is 0.333. The van der Waals surface area contributed by atoms with Crippen molar-refractivity contribution in [2.75, 3.05) is 13.2 Å². The van der Waals surface area contributed by atoms with Crippen LogP contribution in [-0.4, -0.2) is 44.8 Å². The average molecular weight is 584 g/mol. The minimum absolute atomic E-state index is 0.0329. The van der Waals surface area contributed by atoms with Crippen molar-refractivity contribution in [3.05, 3.63) is 92.5 Å². The highest BCUT2D eigenvalue weighted by atomic mass is 35.5. The Morgan fingerprint density at radius 3 is 2.75 bits per heavy atom. The average Bonchev–Trinajstić information content (AvgIpc) is 3.23. The number of rotatable bonds is 8. The molecule has 3 aromatic carbocycles. The molecule has 7 nitrogen and oxygen atoms in total. The van der Waals surface area contributed by atoms with E-state index in [0.717, 1.165) is 54.0 Å².